The number of rotatable bonds is 5. The lowest BCUT2D eigenvalue weighted by Gasteiger charge is -2.06. The van der Waals surface area contributed by atoms with Gasteiger partial charge in [0.05, 0.1) is 0 Å². The van der Waals surface area contributed by atoms with Crippen molar-refractivity contribution in [2.24, 2.45) is 0 Å². The zero-order chi connectivity index (χ0) is 12.8. The first kappa shape index (κ1) is 13.9. The first-order chi connectivity index (χ1) is 8.74. The van der Waals surface area contributed by atoms with Crippen LogP contribution in [0, 0.1) is 0 Å². The maximum Gasteiger partial charge on any atom is 0.0449 e. The highest BCUT2D eigenvalue weighted by molar-refractivity contribution is 8.77. The van der Waals surface area contributed by atoms with E-state index in [4.69, 9.17) is 0 Å². The third-order valence-electron chi connectivity index (χ3n) is 2.10. The van der Waals surface area contributed by atoms with Gasteiger partial charge in [0.25, 0.3) is 0 Å². The van der Waals surface area contributed by atoms with Crippen LogP contribution >= 0.6 is 47.2 Å². The van der Waals surface area contributed by atoms with E-state index < -0.39 is 0 Å². The van der Waals surface area contributed by atoms with Crippen molar-refractivity contribution in [3.8, 4) is 0 Å². The zero-order valence-electron chi connectivity index (χ0n) is 9.33. The molecule has 0 bridgehead atoms. The Kier molecular flexibility index (Phi) is 5.49. The van der Waals surface area contributed by atoms with Gasteiger partial charge in [-0.25, -0.2) is 0 Å². The minimum absolute atomic E-state index is 0.961. The number of hydrogen-bond donors (Lipinski definition) is 4. The lowest BCUT2D eigenvalue weighted by Crippen LogP contribution is -1.87. The molecule has 0 radical (unpaired) electrons. The Morgan fingerprint density at radius 2 is 0.944 bits per heavy atom. The van der Waals surface area contributed by atoms with E-state index in [1.54, 1.807) is 0 Å². The molecule has 18 heavy (non-hydrogen) atoms. The van der Waals surface area contributed by atoms with Crippen LogP contribution in [-0.2, 0) is 0 Å². The molecule has 0 unspecified atom stereocenters. The van der Waals surface area contributed by atoms with Crippen LogP contribution in [0.1, 0.15) is 0 Å². The van der Waals surface area contributed by atoms with Gasteiger partial charge in [0, 0.05) is 43.1 Å². The summed E-state index contributed by atoms with van der Waals surface area (Å²) in [6, 6.07) is 15.8. The Morgan fingerprint density at radius 1 is 0.611 bits per heavy atom. The molecular formula is C12H12N2S4. The summed E-state index contributed by atoms with van der Waals surface area (Å²) in [5.41, 5.74) is 2.11. The highest BCUT2D eigenvalue weighted by Crippen LogP contribution is 2.26. The third kappa shape index (κ3) is 4.61. The number of benzene rings is 2. The number of thiol groups is 2. The minimum Gasteiger partial charge on any atom is -0.319 e. The van der Waals surface area contributed by atoms with E-state index in [0.29, 0.717) is 0 Å². The van der Waals surface area contributed by atoms with Gasteiger partial charge in [-0.2, -0.15) is 0 Å². The largest absolute Gasteiger partial charge is 0.319 e. The average Bonchev–Trinajstić information content (AvgIpc) is 2.39. The standard InChI is InChI=1S/C12H12N2S4/c15-11-5-1-9(2-6-11)13-17-18-14-10-3-7-12(16)8-4-10/h1-8,13-16H. The molecule has 2 rings (SSSR count). The van der Waals surface area contributed by atoms with Crippen LogP contribution in [0.4, 0.5) is 11.4 Å². The van der Waals surface area contributed by atoms with Gasteiger partial charge in [-0.05, 0) is 48.5 Å². The molecule has 0 aliphatic heterocycles. The molecule has 0 aliphatic carbocycles. The summed E-state index contributed by atoms with van der Waals surface area (Å²) in [6.07, 6.45) is 0. The van der Waals surface area contributed by atoms with Gasteiger partial charge in [-0.1, -0.05) is 0 Å². The van der Waals surface area contributed by atoms with Crippen molar-refractivity contribution in [3.05, 3.63) is 48.5 Å². The third-order valence-corrected chi connectivity index (χ3v) is 4.16. The first-order valence-electron chi connectivity index (χ1n) is 5.16. The molecule has 0 atom stereocenters. The Labute approximate surface area is 126 Å². The van der Waals surface area contributed by atoms with Gasteiger partial charge in [-0.3, -0.25) is 0 Å². The summed E-state index contributed by atoms with van der Waals surface area (Å²) < 4.78 is 6.44. The molecule has 0 amide bonds. The molecule has 6 heteroatoms. The topological polar surface area (TPSA) is 24.1 Å². The fourth-order valence-corrected chi connectivity index (χ4v) is 2.87. The highest BCUT2D eigenvalue weighted by atomic mass is 33.1. The molecule has 2 nitrogen and oxygen atoms in total. The molecule has 0 aromatic heterocycles. The van der Waals surface area contributed by atoms with Crippen LogP contribution < -0.4 is 9.44 Å². The summed E-state index contributed by atoms with van der Waals surface area (Å²) in [4.78, 5) is 1.92. The Balaban J connectivity index is 1.73. The molecule has 94 valence electrons. The lowest BCUT2D eigenvalue weighted by atomic mass is 10.3. The summed E-state index contributed by atoms with van der Waals surface area (Å²) in [5.74, 6) is 0. The quantitative estimate of drug-likeness (QED) is 0.270. The number of anilines is 2. The van der Waals surface area contributed by atoms with Gasteiger partial charge < -0.3 is 9.44 Å². The highest BCUT2D eigenvalue weighted by Gasteiger charge is 1.94. The van der Waals surface area contributed by atoms with Gasteiger partial charge in [-0.15, -0.1) is 25.3 Å². The SMILES string of the molecule is Sc1ccc(NSSNc2ccc(S)cc2)cc1. The fourth-order valence-electron chi connectivity index (χ4n) is 1.20. The van der Waals surface area contributed by atoms with Crippen LogP contribution in [-0.4, -0.2) is 0 Å². The van der Waals surface area contributed by atoms with Gasteiger partial charge in [0.1, 0.15) is 0 Å². The molecule has 0 saturated carbocycles. The molecule has 0 heterocycles. The van der Waals surface area contributed by atoms with Crippen molar-refractivity contribution in [2.45, 2.75) is 9.79 Å². The average molecular weight is 313 g/mol. The number of nitrogens with one attached hydrogen (secondary N) is 2. The monoisotopic (exact) mass is 312 g/mol. The van der Waals surface area contributed by atoms with Gasteiger partial charge in [0.15, 0.2) is 0 Å². The van der Waals surface area contributed by atoms with E-state index in [2.05, 4.69) is 34.7 Å². The van der Waals surface area contributed by atoms with Crippen LogP contribution in [0.2, 0.25) is 0 Å². The zero-order valence-corrected chi connectivity index (χ0v) is 12.8. The van der Waals surface area contributed by atoms with E-state index in [1.807, 2.05) is 48.5 Å². The van der Waals surface area contributed by atoms with Gasteiger partial charge >= 0.3 is 0 Å². The second-order valence-electron chi connectivity index (χ2n) is 3.46. The lowest BCUT2D eigenvalue weighted by molar-refractivity contribution is 1.48. The maximum atomic E-state index is 4.24. The molecule has 0 fully saturated rings. The van der Waals surface area contributed by atoms with E-state index in [0.717, 1.165) is 21.2 Å². The van der Waals surface area contributed by atoms with E-state index >= 15 is 0 Å². The Hall–Kier alpha value is -0.560. The number of hydrogen-bond acceptors (Lipinski definition) is 6. The Morgan fingerprint density at radius 3 is 1.28 bits per heavy atom. The summed E-state index contributed by atoms with van der Waals surface area (Å²) in [7, 11) is 3.05. The molecule has 2 aromatic rings. The van der Waals surface area contributed by atoms with E-state index in [9.17, 15) is 0 Å². The molecular weight excluding hydrogens is 300 g/mol. The molecule has 0 aliphatic rings. The summed E-state index contributed by atoms with van der Waals surface area (Å²) in [6.45, 7) is 0. The smallest absolute Gasteiger partial charge is 0.0449 e. The van der Waals surface area contributed by atoms with Crippen molar-refractivity contribution in [3.63, 3.8) is 0 Å². The Bertz CT molecular complexity index is 437. The molecule has 0 spiro atoms. The van der Waals surface area contributed by atoms with E-state index in [1.165, 1.54) is 22.0 Å². The van der Waals surface area contributed by atoms with Gasteiger partial charge in [0.2, 0.25) is 0 Å². The van der Waals surface area contributed by atoms with Crippen LogP contribution in [0.25, 0.3) is 0 Å². The normalized spacial score (nSPS) is 10.1. The van der Waals surface area contributed by atoms with Crippen LogP contribution in [0.15, 0.2) is 58.3 Å². The molecule has 2 aromatic carbocycles. The second-order valence-corrected chi connectivity index (χ2v) is 6.24. The predicted octanol–water partition coefficient (Wildman–Crippen LogP) is 5.00. The molecule has 0 saturated heterocycles. The minimum atomic E-state index is 0.961. The van der Waals surface area contributed by atoms with Crippen molar-refractivity contribution >= 4 is 58.6 Å². The van der Waals surface area contributed by atoms with Crippen LogP contribution in [0.3, 0.4) is 0 Å². The fraction of sp³-hybridized carbons (Fsp3) is 0. The summed E-state index contributed by atoms with van der Waals surface area (Å²) in [5, 5.41) is 0. The van der Waals surface area contributed by atoms with Crippen molar-refractivity contribution in [1.82, 2.24) is 0 Å². The predicted molar refractivity (Wildman–Crippen MR) is 89.8 cm³/mol. The maximum absolute atomic E-state index is 4.24. The second kappa shape index (κ2) is 7.13. The van der Waals surface area contributed by atoms with Crippen molar-refractivity contribution in [1.29, 1.82) is 0 Å². The summed E-state index contributed by atoms with van der Waals surface area (Å²) >= 11 is 8.48. The van der Waals surface area contributed by atoms with E-state index in [-0.39, 0.29) is 0 Å². The van der Waals surface area contributed by atoms with Crippen molar-refractivity contribution < 1.29 is 0 Å². The molecule has 2 N–H and O–H groups in total. The first-order valence-corrected chi connectivity index (χ1v) is 8.21. The van der Waals surface area contributed by atoms with Crippen molar-refractivity contribution in [2.75, 3.05) is 9.44 Å². The van der Waals surface area contributed by atoms with Crippen LogP contribution in [0.5, 0.6) is 0 Å².